The van der Waals surface area contributed by atoms with E-state index in [1.807, 2.05) is 6.92 Å². The van der Waals surface area contributed by atoms with Gasteiger partial charge in [0.05, 0.1) is 11.2 Å². The van der Waals surface area contributed by atoms with E-state index < -0.39 is 0 Å². The number of hydrogen-bond donors (Lipinski definition) is 2. The first-order valence-electron chi connectivity index (χ1n) is 5.49. The lowest BCUT2D eigenvalue weighted by molar-refractivity contribution is 0.0868. The summed E-state index contributed by atoms with van der Waals surface area (Å²) in [5.74, 6) is 0.542. The molecule has 2 rings (SSSR count). The standard InChI is InChI=1S/C11H17N3O2.2ClH/c1-7-9(16-6-13-7)10(15)14-11(2,5-12)8-3-4-8;;/h6,8H,3-5,12H2,1-2H3,(H,14,15);2*1H. The minimum Gasteiger partial charge on any atom is -0.438 e. The van der Waals surface area contributed by atoms with Gasteiger partial charge in [-0.05, 0) is 32.6 Å². The van der Waals surface area contributed by atoms with E-state index in [4.69, 9.17) is 10.2 Å². The summed E-state index contributed by atoms with van der Waals surface area (Å²) in [4.78, 5) is 15.8. The second-order valence-corrected chi connectivity index (χ2v) is 4.62. The zero-order valence-corrected chi connectivity index (χ0v) is 12.1. The zero-order chi connectivity index (χ0) is 11.8. The Kier molecular flexibility index (Phi) is 6.13. The molecule has 1 fully saturated rings. The normalized spacial score (nSPS) is 17.1. The van der Waals surface area contributed by atoms with E-state index in [1.165, 1.54) is 6.39 Å². The van der Waals surface area contributed by atoms with Gasteiger partial charge in [-0.15, -0.1) is 24.8 Å². The molecule has 5 nitrogen and oxygen atoms in total. The van der Waals surface area contributed by atoms with Crippen LogP contribution in [0.4, 0.5) is 0 Å². The molecule has 7 heteroatoms. The van der Waals surface area contributed by atoms with E-state index in [-0.39, 0.29) is 42.0 Å². The first-order chi connectivity index (χ1) is 7.57. The van der Waals surface area contributed by atoms with Gasteiger partial charge >= 0.3 is 0 Å². The molecule has 1 aliphatic rings. The van der Waals surface area contributed by atoms with Gasteiger partial charge in [-0.2, -0.15) is 0 Å². The Bertz CT molecular complexity index is 407. The molecule has 1 saturated carbocycles. The summed E-state index contributed by atoms with van der Waals surface area (Å²) in [6.07, 6.45) is 3.54. The van der Waals surface area contributed by atoms with Crippen LogP contribution in [0.25, 0.3) is 0 Å². The van der Waals surface area contributed by atoms with Gasteiger partial charge in [0.1, 0.15) is 0 Å². The third-order valence-electron chi connectivity index (χ3n) is 3.25. The molecule has 1 unspecified atom stereocenters. The van der Waals surface area contributed by atoms with Gasteiger partial charge in [-0.1, -0.05) is 0 Å². The Morgan fingerprint density at radius 2 is 2.22 bits per heavy atom. The lowest BCUT2D eigenvalue weighted by Crippen LogP contribution is -2.53. The number of nitrogens with zero attached hydrogens (tertiary/aromatic N) is 1. The van der Waals surface area contributed by atoms with Gasteiger partial charge in [0.25, 0.3) is 5.91 Å². The summed E-state index contributed by atoms with van der Waals surface area (Å²) >= 11 is 0. The van der Waals surface area contributed by atoms with Crippen LogP contribution in [0, 0.1) is 12.8 Å². The van der Waals surface area contributed by atoms with Gasteiger partial charge in [0.2, 0.25) is 5.76 Å². The minimum atomic E-state index is -0.323. The monoisotopic (exact) mass is 295 g/mol. The molecule has 104 valence electrons. The summed E-state index contributed by atoms with van der Waals surface area (Å²) in [5, 5.41) is 2.95. The number of hydrogen-bond acceptors (Lipinski definition) is 4. The molecule has 0 aromatic carbocycles. The Morgan fingerprint density at radius 1 is 1.61 bits per heavy atom. The van der Waals surface area contributed by atoms with E-state index in [1.54, 1.807) is 6.92 Å². The van der Waals surface area contributed by atoms with Crippen LogP contribution in [0.3, 0.4) is 0 Å². The van der Waals surface area contributed by atoms with Gasteiger partial charge < -0.3 is 15.5 Å². The number of carbonyl (C=O) groups is 1. The molecule has 1 aromatic heterocycles. The van der Waals surface area contributed by atoms with Gasteiger partial charge in [0, 0.05) is 6.54 Å². The van der Waals surface area contributed by atoms with Crippen LogP contribution in [0.5, 0.6) is 0 Å². The van der Waals surface area contributed by atoms with Crippen LogP contribution in [0.15, 0.2) is 10.8 Å². The smallest absolute Gasteiger partial charge is 0.289 e. The van der Waals surface area contributed by atoms with E-state index >= 15 is 0 Å². The highest BCUT2D eigenvalue weighted by Crippen LogP contribution is 2.39. The van der Waals surface area contributed by atoms with E-state index in [9.17, 15) is 4.79 Å². The molecule has 0 spiro atoms. The fraction of sp³-hybridized carbons (Fsp3) is 0.636. The number of amides is 1. The van der Waals surface area contributed by atoms with Crippen LogP contribution in [0.1, 0.15) is 36.0 Å². The van der Waals surface area contributed by atoms with Gasteiger partial charge in [-0.3, -0.25) is 4.79 Å². The maximum atomic E-state index is 11.9. The number of aromatic nitrogens is 1. The molecule has 18 heavy (non-hydrogen) atoms. The van der Waals surface area contributed by atoms with Crippen molar-refractivity contribution < 1.29 is 9.21 Å². The number of nitrogens with one attached hydrogen (secondary N) is 1. The lowest BCUT2D eigenvalue weighted by atomic mass is 9.96. The predicted octanol–water partition coefficient (Wildman–Crippen LogP) is 1.68. The Hall–Kier alpha value is -0.780. The molecule has 0 aliphatic heterocycles. The number of carbonyl (C=O) groups excluding carboxylic acids is 1. The largest absolute Gasteiger partial charge is 0.438 e. The van der Waals surface area contributed by atoms with Crippen molar-refractivity contribution >= 4 is 30.7 Å². The second-order valence-electron chi connectivity index (χ2n) is 4.62. The number of aryl methyl sites for hydroxylation is 1. The highest BCUT2D eigenvalue weighted by atomic mass is 35.5. The van der Waals surface area contributed by atoms with Crippen molar-refractivity contribution in [3.05, 3.63) is 17.8 Å². The average Bonchev–Trinajstić information content (AvgIpc) is 3.02. The van der Waals surface area contributed by atoms with Crippen LogP contribution < -0.4 is 11.1 Å². The fourth-order valence-electron chi connectivity index (χ4n) is 1.88. The molecule has 3 N–H and O–H groups in total. The molecule has 0 saturated heterocycles. The molecule has 0 bridgehead atoms. The molecule has 1 aromatic rings. The fourth-order valence-corrected chi connectivity index (χ4v) is 1.88. The number of oxazole rings is 1. The van der Waals surface area contributed by atoms with Crippen LogP contribution >= 0.6 is 24.8 Å². The highest BCUT2D eigenvalue weighted by molar-refractivity contribution is 5.92. The maximum Gasteiger partial charge on any atom is 0.289 e. The van der Waals surface area contributed by atoms with Crippen molar-refractivity contribution in [2.45, 2.75) is 32.2 Å². The maximum absolute atomic E-state index is 11.9. The predicted molar refractivity (Wildman–Crippen MR) is 73.4 cm³/mol. The Labute approximate surface area is 119 Å². The highest BCUT2D eigenvalue weighted by Gasteiger charge is 2.42. The minimum absolute atomic E-state index is 0. The van der Waals surface area contributed by atoms with Crippen molar-refractivity contribution in [1.82, 2.24) is 10.3 Å². The van der Waals surface area contributed by atoms with Crippen LogP contribution in [0.2, 0.25) is 0 Å². The van der Waals surface area contributed by atoms with Gasteiger partial charge in [0.15, 0.2) is 6.39 Å². The number of halogens is 2. The molecule has 1 atom stereocenters. The number of nitrogens with two attached hydrogens (primary N) is 1. The van der Waals surface area contributed by atoms with Crippen molar-refractivity contribution in [3.8, 4) is 0 Å². The first kappa shape index (κ1) is 17.2. The molecular formula is C11H19Cl2N3O2. The summed E-state index contributed by atoms with van der Waals surface area (Å²) in [5.41, 5.74) is 6.01. The van der Waals surface area contributed by atoms with Crippen molar-refractivity contribution in [1.29, 1.82) is 0 Å². The SMILES string of the molecule is Cc1ncoc1C(=O)NC(C)(CN)C1CC1.Cl.Cl. The third-order valence-corrected chi connectivity index (χ3v) is 3.25. The summed E-state index contributed by atoms with van der Waals surface area (Å²) in [7, 11) is 0. The van der Waals surface area contributed by atoms with Crippen LogP contribution in [-0.4, -0.2) is 23.0 Å². The topological polar surface area (TPSA) is 81.2 Å². The summed E-state index contributed by atoms with van der Waals surface area (Å²) in [6, 6.07) is 0. The van der Waals surface area contributed by atoms with Crippen LogP contribution in [-0.2, 0) is 0 Å². The van der Waals surface area contributed by atoms with E-state index in [0.29, 0.717) is 18.2 Å². The van der Waals surface area contributed by atoms with E-state index in [0.717, 1.165) is 12.8 Å². The van der Waals surface area contributed by atoms with Crippen molar-refractivity contribution in [2.75, 3.05) is 6.54 Å². The Balaban J connectivity index is 0.00000144. The third kappa shape index (κ3) is 3.37. The summed E-state index contributed by atoms with van der Waals surface area (Å²) in [6.45, 7) is 4.17. The molecule has 1 aliphatic carbocycles. The quantitative estimate of drug-likeness (QED) is 0.886. The average molecular weight is 296 g/mol. The van der Waals surface area contributed by atoms with E-state index in [2.05, 4.69) is 10.3 Å². The second kappa shape index (κ2) is 6.41. The van der Waals surface area contributed by atoms with Crippen molar-refractivity contribution in [3.63, 3.8) is 0 Å². The molecular weight excluding hydrogens is 277 g/mol. The Morgan fingerprint density at radius 3 is 2.61 bits per heavy atom. The van der Waals surface area contributed by atoms with Gasteiger partial charge in [-0.25, -0.2) is 4.98 Å². The zero-order valence-electron chi connectivity index (χ0n) is 10.4. The molecule has 0 radical (unpaired) electrons. The molecule has 1 heterocycles. The summed E-state index contributed by atoms with van der Waals surface area (Å²) < 4.78 is 5.05. The molecule has 1 amide bonds. The lowest BCUT2D eigenvalue weighted by Gasteiger charge is -2.29. The number of rotatable bonds is 4. The van der Waals surface area contributed by atoms with Crippen molar-refractivity contribution in [2.24, 2.45) is 11.7 Å². The first-order valence-corrected chi connectivity index (χ1v) is 5.49.